The van der Waals surface area contributed by atoms with Crippen LogP contribution in [0.25, 0.3) is 0 Å². The van der Waals surface area contributed by atoms with Gasteiger partial charge in [0.1, 0.15) is 0 Å². The van der Waals surface area contributed by atoms with Gasteiger partial charge in [0.05, 0.1) is 25.2 Å². The van der Waals surface area contributed by atoms with Crippen LogP contribution in [0.3, 0.4) is 0 Å². The van der Waals surface area contributed by atoms with Crippen LogP contribution in [0.4, 0.5) is 0 Å². The molecule has 0 radical (unpaired) electrons. The second kappa shape index (κ2) is 2.86. The van der Waals surface area contributed by atoms with E-state index in [0.717, 1.165) is 6.54 Å². The molecule has 3 heteroatoms. The third kappa shape index (κ3) is 1.48. The maximum absolute atomic E-state index is 8.98. The number of hydrogen-bond donors (Lipinski definition) is 1. The second-order valence-electron chi connectivity index (χ2n) is 3.39. The Balaban J connectivity index is 2.33. The lowest BCUT2D eigenvalue weighted by molar-refractivity contribution is -0.144. The Morgan fingerprint density at radius 3 is 2.20 bits per heavy atom. The Kier molecular flexibility index (Phi) is 2.28. The van der Waals surface area contributed by atoms with Crippen LogP contribution in [0.5, 0.6) is 0 Å². The molecule has 1 rings (SSSR count). The molecular formula is C7H15NO2. The van der Waals surface area contributed by atoms with Gasteiger partial charge < -0.3 is 14.7 Å². The van der Waals surface area contributed by atoms with Gasteiger partial charge in [-0.25, -0.2) is 0 Å². The van der Waals surface area contributed by atoms with Gasteiger partial charge in [-0.1, -0.05) is 0 Å². The summed E-state index contributed by atoms with van der Waals surface area (Å²) in [4.78, 5) is 2.08. The number of hydrogen-bond acceptors (Lipinski definition) is 3. The maximum atomic E-state index is 8.98. The van der Waals surface area contributed by atoms with E-state index in [0.29, 0.717) is 13.2 Å². The van der Waals surface area contributed by atoms with Crippen molar-refractivity contribution in [3.63, 3.8) is 0 Å². The van der Waals surface area contributed by atoms with Crippen molar-refractivity contribution in [1.29, 1.82) is 0 Å². The number of rotatable bonds is 3. The van der Waals surface area contributed by atoms with E-state index in [1.807, 2.05) is 14.1 Å². The van der Waals surface area contributed by atoms with E-state index in [1.165, 1.54) is 0 Å². The van der Waals surface area contributed by atoms with Gasteiger partial charge in [-0.05, 0) is 14.1 Å². The number of nitrogens with zero attached hydrogens (tertiary/aromatic N) is 1. The molecule has 1 aliphatic heterocycles. The van der Waals surface area contributed by atoms with Crippen LogP contribution in [0.15, 0.2) is 0 Å². The van der Waals surface area contributed by atoms with Gasteiger partial charge in [-0.2, -0.15) is 0 Å². The molecule has 1 fully saturated rings. The predicted octanol–water partition coefficient (Wildman–Crippen LogP) is -0.443. The number of ether oxygens (including phenoxy) is 1. The van der Waals surface area contributed by atoms with Gasteiger partial charge in [0.2, 0.25) is 0 Å². The van der Waals surface area contributed by atoms with Gasteiger partial charge in [0.25, 0.3) is 0 Å². The van der Waals surface area contributed by atoms with Crippen molar-refractivity contribution in [2.75, 3.05) is 40.5 Å². The molecular weight excluding hydrogens is 130 g/mol. The van der Waals surface area contributed by atoms with E-state index in [4.69, 9.17) is 9.84 Å². The van der Waals surface area contributed by atoms with Crippen LogP contribution < -0.4 is 0 Å². The zero-order chi connectivity index (χ0) is 7.61. The molecule has 0 atom stereocenters. The average molecular weight is 145 g/mol. The highest BCUT2D eigenvalue weighted by atomic mass is 16.5. The lowest BCUT2D eigenvalue weighted by Crippen LogP contribution is -2.51. The van der Waals surface area contributed by atoms with Crippen LogP contribution in [0, 0.1) is 5.41 Å². The van der Waals surface area contributed by atoms with Crippen molar-refractivity contribution >= 4 is 0 Å². The molecule has 60 valence electrons. The Labute approximate surface area is 61.6 Å². The molecule has 0 aromatic rings. The highest BCUT2D eigenvalue weighted by molar-refractivity contribution is 4.86. The maximum Gasteiger partial charge on any atom is 0.0579 e. The minimum Gasteiger partial charge on any atom is -0.396 e. The van der Waals surface area contributed by atoms with Gasteiger partial charge in [0, 0.05) is 6.54 Å². The van der Waals surface area contributed by atoms with Gasteiger partial charge in [-0.3, -0.25) is 0 Å². The highest BCUT2D eigenvalue weighted by Gasteiger charge is 2.38. The molecule has 0 unspecified atom stereocenters. The first-order valence-electron chi connectivity index (χ1n) is 3.52. The van der Waals surface area contributed by atoms with Crippen LogP contribution in [-0.2, 0) is 4.74 Å². The van der Waals surface area contributed by atoms with Gasteiger partial charge >= 0.3 is 0 Å². The molecule has 10 heavy (non-hydrogen) atoms. The zero-order valence-electron chi connectivity index (χ0n) is 6.63. The fourth-order valence-corrected chi connectivity index (χ4v) is 1.29. The molecule has 0 amide bonds. The smallest absolute Gasteiger partial charge is 0.0579 e. The SMILES string of the molecule is CN(C)CC1(CO)COC1. The standard InChI is InChI=1S/C7H15NO2/c1-8(2)3-7(4-9)5-10-6-7/h9H,3-6H2,1-2H3. The van der Waals surface area contributed by atoms with Crippen LogP contribution >= 0.6 is 0 Å². The Bertz CT molecular complexity index is 105. The quantitative estimate of drug-likeness (QED) is 0.584. The summed E-state index contributed by atoms with van der Waals surface area (Å²) < 4.78 is 5.04. The van der Waals surface area contributed by atoms with Gasteiger partial charge in [-0.15, -0.1) is 0 Å². The van der Waals surface area contributed by atoms with E-state index < -0.39 is 0 Å². The summed E-state index contributed by atoms with van der Waals surface area (Å²) in [6.07, 6.45) is 0. The van der Waals surface area contributed by atoms with Crippen molar-refractivity contribution in [2.24, 2.45) is 5.41 Å². The molecule has 3 nitrogen and oxygen atoms in total. The van der Waals surface area contributed by atoms with Crippen molar-refractivity contribution in [3.05, 3.63) is 0 Å². The molecule has 1 saturated heterocycles. The fraction of sp³-hybridized carbons (Fsp3) is 1.00. The zero-order valence-corrected chi connectivity index (χ0v) is 6.63. The van der Waals surface area contributed by atoms with Crippen molar-refractivity contribution in [2.45, 2.75) is 0 Å². The van der Waals surface area contributed by atoms with E-state index in [9.17, 15) is 0 Å². The molecule has 0 aromatic heterocycles. The Hall–Kier alpha value is -0.120. The largest absolute Gasteiger partial charge is 0.396 e. The minimum absolute atomic E-state index is 0.0451. The molecule has 1 aliphatic rings. The summed E-state index contributed by atoms with van der Waals surface area (Å²) in [6, 6.07) is 0. The monoisotopic (exact) mass is 145 g/mol. The summed E-state index contributed by atoms with van der Waals surface area (Å²) in [5.74, 6) is 0. The van der Waals surface area contributed by atoms with Crippen molar-refractivity contribution in [1.82, 2.24) is 4.90 Å². The van der Waals surface area contributed by atoms with E-state index in [-0.39, 0.29) is 12.0 Å². The second-order valence-corrected chi connectivity index (χ2v) is 3.39. The lowest BCUT2D eigenvalue weighted by Gasteiger charge is -2.41. The first kappa shape index (κ1) is 7.98. The molecule has 0 bridgehead atoms. The van der Waals surface area contributed by atoms with Crippen LogP contribution in [0.2, 0.25) is 0 Å². The lowest BCUT2D eigenvalue weighted by atomic mass is 9.87. The molecule has 0 aromatic carbocycles. The Morgan fingerprint density at radius 2 is 2.10 bits per heavy atom. The molecule has 1 N–H and O–H groups in total. The predicted molar refractivity (Wildman–Crippen MR) is 38.9 cm³/mol. The third-order valence-corrected chi connectivity index (χ3v) is 1.80. The summed E-state index contributed by atoms with van der Waals surface area (Å²) in [5, 5.41) is 8.98. The van der Waals surface area contributed by atoms with Gasteiger partial charge in [0.15, 0.2) is 0 Å². The van der Waals surface area contributed by atoms with E-state index in [1.54, 1.807) is 0 Å². The summed E-state index contributed by atoms with van der Waals surface area (Å²) in [5.41, 5.74) is 0.0451. The van der Waals surface area contributed by atoms with Crippen molar-refractivity contribution in [3.8, 4) is 0 Å². The van der Waals surface area contributed by atoms with Crippen molar-refractivity contribution < 1.29 is 9.84 Å². The number of aliphatic hydroxyl groups excluding tert-OH is 1. The summed E-state index contributed by atoms with van der Waals surface area (Å²) in [6.45, 7) is 2.58. The molecule has 1 heterocycles. The fourth-order valence-electron chi connectivity index (χ4n) is 1.29. The van der Waals surface area contributed by atoms with Crippen LogP contribution in [-0.4, -0.2) is 50.5 Å². The Morgan fingerprint density at radius 1 is 1.50 bits per heavy atom. The molecule has 0 spiro atoms. The average Bonchev–Trinajstić information content (AvgIpc) is 1.78. The first-order valence-corrected chi connectivity index (χ1v) is 3.52. The third-order valence-electron chi connectivity index (χ3n) is 1.80. The first-order chi connectivity index (χ1) is 4.68. The van der Waals surface area contributed by atoms with Crippen LogP contribution in [0.1, 0.15) is 0 Å². The normalized spacial score (nSPS) is 22.8. The topological polar surface area (TPSA) is 32.7 Å². The highest BCUT2D eigenvalue weighted by Crippen LogP contribution is 2.26. The van der Waals surface area contributed by atoms with E-state index >= 15 is 0 Å². The summed E-state index contributed by atoms with van der Waals surface area (Å²) >= 11 is 0. The van der Waals surface area contributed by atoms with E-state index in [2.05, 4.69) is 4.90 Å². The number of aliphatic hydroxyl groups is 1. The summed E-state index contributed by atoms with van der Waals surface area (Å²) in [7, 11) is 4.02. The molecule has 0 saturated carbocycles. The molecule has 0 aliphatic carbocycles. The minimum atomic E-state index is 0.0451.